The van der Waals surface area contributed by atoms with Gasteiger partial charge in [-0.1, -0.05) is 18.2 Å². The van der Waals surface area contributed by atoms with Crippen molar-refractivity contribution < 1.29 is 22.6 Å². The molecular formula is C14H17F3O2. The highest BCUT2D eigenvalue weighted by molar-refractivity contribution is 5.39. The summed E-state index contributed by atoms with van der Waals surface area (Å²) in [6.45, 7) is 3.99. The fourth-order valence-electron chi connectivity index (χ4n) is 1.53. The molecule has 0 spiro atoms. The monoisotopic (exact) mass is 274 g/mol. The van der Waals surface area contributed by atoms with Crippen LogP contribution < -0.4 is 9.47 Å². The lowest BCUT2D eigenvalue weighted by Crippen LogP contribution is -2.17. The summed E-state index contributed by atoms with van der Waals surface area (Å²) in [5.74, 6) is -0.190. The summed E-state index contributed by atoms with van der Waals surface area (Å²) in [6, 6.07) is 5.78. The zero-order valence-electron chi connectivity index (χ0n) is 10.6. The number of ether oxygens (including phenoxy) is 2. The van der Waals surface area contributed by atoms with Crippen molar-refractivity contribution in [3.8, 4) is 11.5 Å². The molecule has 19 heavy (non-hydrogen) atoms. The van der Waals surface area contributed by atoms with E-state index in [0.717, 1.165) is 25.7 Å². The highest BCUT2D eigenvalue weighted by Gasteiger charge is 2.32. The molecule has 5 heteroatoms. The van der Waals surface area contributed by atoms with E-state index in [9.17, 15) is 13.2 Å². The lowest BCUT2D eigenvalue weighted by atomic mass is 10.2. The first kappa shape index (κ1) is 15.4. The molecule has 1 rings (SSSR count). The summed E-state index contributed by atoms with van der Waals surface area (Å²) >= 11 is 0. The van der Waals surface area contributed by atoms with Crippen molar-refractivity contribution in [2.24, 2.45) is 0 Å². The molecule has 2 nitrogen and oxygen atoms in total. The van der Waals surface area contributed by atoms with Crippen LogP contribution in [0.15, 0.2) is 36.9 Å². The van der Waals surface area contributed by atoms with Gasteiger partial charge in [-0.2, -0.15) is 0 Å². The molecule has 0 heterocycles. The fraction of sp³-hybridized carbons (Fsp3) is 0.429. The summed E-state index contributed by atoms with van der Waals surface area (Å²) in [5, 5.41) is 0. The zero-order chi connectivity index (χ0) is 14.1. The quantitative estimate of drug-likeness (QED) is 0.505. The summed E-state index contributed by atoms with van der Waals surface area (Å²) in [6.07, 6.45) is 0.820. The van der Waals surface area contributed by atoms with Gasteiger partial charge in [0.25, 0.3) is 0 Å². The maximum atomic E-state index is 12.2. The number of hydrogen-bond donors (Lipinski definition) is 0. The summed E-state index contributed by atoms with van der Waals surface area (Å²) in [7, 11) is 0. The Bertz CT molecular complexity index is 389. The van der Waals surface area contributed by atoms with E-state index in [1.807, 2.05) is 6.08 Å². The minimum absolute atomic E-state index is 0.114. The number of hydrogen-bond acceptors (Lipinski definition) is 2. The van der Waals surface area contributed by atoms with E-state index in [1.165, 1.54) is 18.2 Å². The van der Waals surface area contributed by atoms with Crippen LogP contribution >= 0.6 is 0 Å². The van der Waals surface area contributed by atoms with Crippen molar-refractivity contribution in [2.45, 2.75) is 32.0 Å². The predicted octanol–water partition coefficient (Wildman–Crippen LogP) is 4.71. The largest absolute Gasteiger partial charge is 0.573 e. The normalized spacial score (nSPS) is 11.1. The second kappa shape index (κ2) is 7.71. The minimum Gasteiger partial charge on any atom is -0.490 e. The molecule has 0 aliphatic rings. The van der Waals surface area contributed by atoms with Gasteiger partial charge >= 0.3 is 6.36 Å². The molecule has 0 saturated heterocycles. The molecule has 0 aromatic heterocycles. The van der Waals surface area contributed by atoms with Crippen molar-refractivity contribution in [1.82, 2.24) is 0 Å². The Kier molecular flexibility index (Phi) is 6.25. The smallest absolute Gasteiger partial charge is 0.490 e. The van der Waals surface area contributed by atoms with Crippen LogP contribution in [0.3, 0.4) is 0 Å². The molecule has 0 aliphatic heterocycles. The number of allylic oxidation sites excluding steroid dienone is 1. The lowest BCUT2D eigenvalue weighted by Gasteiger charge is -2.13. The SMILES string of the molecule is C=CCCCCCOc1ccccc1OC(F)(F)F. The van der Waals surface area contributed by atoms with Gasteiger partial charge in [0, 0.05) is 0 Å². The average molecular weight is 274 g/mol. The highest BCUT2D eigenvalue weighted by Crippen LogP contribution is 2.31. The molecule has 0 radical (unpaired) electrons. The molecule has 0 aliphatic carbocycles. The predicted molar refractivity (Wildman–Crippen MR) is 67.3 cm³/mol. The number of alkyl halides is 3. The summed E-state index contributed by atoms with van der Waals surface area (Å²) in [5.41, 5.74) is 0. The molecule has 0 saturated carbocycles. The maximum Gasteiger partial charge on any atom is 0.573 e. The maximum absolute atomic E-state index is 12.2. The van der Waals surface area contributed by atoms with Crippen molar-refractivity contribution in [1.29, 1.82) is 0 Å². The molecule has 0 unspecified atom stereocenters. The van der Waals surface area contributed by atoms with Crippen LogP contribution in [0.5, 0.6) is 11.5 Å². The van der Waals surface area contributed by atoms with Crippen LogP contribution in [0.25, 0.3) is 0 Å². The first-order chi connectivity index (χ1) is 9.03. The molecule has 106 valence electrons. The Hall–Kier alpha value is -1.65. The topological polar surface area (TPSA) is 18.5 Å². The number of benzene rings is 1. The molecule has 1 aromatic rings. The Morgan fingerprint density at radius 2 is 1.74 bits per heavy atom. The van der Waals surface area contributed by atoms with Gasteiger partial charge in [0.05, 0.1) is 6.61 Å². The van der Waals surface area contributed by atoms with Crippen molar-refractivity contribution >= 4 is 0 Å². The third-order valence-corrected chi connectivity index (χ3v) is 2.38. The number of halogens is 3. The van der Waals surface area contributed by atoms with E-state index >= 15 is 0 Å². The standard InChI is InChI=1S/C14H17F3O2/c1-2-3-4-5-8-11-18-12-9-6-7-10-13(12)19-14(15,16)17/h2,6-7,9-10H,1,3-5,8,11H2. The number of para-hydroxylation sites is 2. The van der Waals surface area contributed by atoms with Gasteiger partial charge < -0.3 is 9.47 Å². The Labute approximate surface area is 110 Å². The van der Waals surface area contributed by atoms with Crippen LogP contribution in [0, 0.1) is 0 Å². The van der Waals surface area contributed by atoms with E-state index < -0.39 is 6.36 Å². The molecule has 0 amide bonds. The molecule has 0 N–H and O–H groups in total. The van der Waals surface area contributed by atoms with Gasteiger partial charge in [-0.25, -0.2) is 0 Å². The minimum atomic E-state index is -4.70. The second-order valence-electron chi connectivity index (χ2n) is 3.98. The summed E-state index contributed by atoms with van der Waals surface area (Å²) < 4.78 is 45.7. The Morgan fingerprint density at radius 1 is 1.05 bits per heavy atom. The van der Waals surface area contributed by atoms with Gasteiger partial charge in [-0.15, -0.1) is 19.8 Å². The van der Waals surface area contributed by atoms with Gasteiger partial charge in [0.1, 0.15) is 0 Å². The fourth-order valence-corrected chi connectivity index (χ4v) is 1.53. The second-order valence-corrected chi connectivity index (χ2v) is 3.98. The van der Waals surface area contributed by atoms with Crippen LogP contribution in [0.1, 0.15) is 25.7 Å². The van der Waals surface area contributed by atoms with Crippen molar-refractivity contribution in [3.05, 3.63) is 36.9 Å². The summed E-state index contributed by atoms with van der Waals surface area (Å²) in [4.78, 5) is 0. The molecular weight excluding hydrogens is 257 g/mol. The molecule has 1 aromatic carbocycles. The van der Waals surface area contributed by atoms with Crippen LogP contribution in [0.2, 0.25) is 0 Å². The highest BCUT2D eigenvalue weighted by atomic mass is 19.4. The third-order valence-electron chi connectivity index (χ3n) is 2.38. The van der Waals surface area contributed by atoms with Crippen molar-refractivity contribution in [2.75, 3.05) is 6.61 Å². The number of rotatable bonds is 8. The lowest BCUT2D eigenvalue weighted by molar-refractivity contribution is -0.275. The first-order valence-corrected chi connectivity index (χ1v) is 6.11. The van der Waals surface area contributed by atoms with Crippen molar-refractivity contribution in [3.63, 3.8) is 0 Å². The molecule has 0 atom stereocenters. The van der Waals surface area contributed by atoms with E-state index in [1.54, 1.807) is 6.07 Å². The Balaban J connectivity index is 2.42. The van der Waals surface area contributed by atoms with Crippen LogP contribution in [0.4, 0.5) is 13.2 Å². The Morgan fingerprint density at radius 3 is 2.37 bits per heavy atom. The van der Waals surface area contributed by atoms with Gasteiger partial charge in [0.2, 0.25) is 0 Å². The van der Waals surface area contributed by atoms with E-state index in [-0.39, 0.29) is 11.5 Å². The van der Waals surface area contributed by atoms with E-state index in [0.29, 0.717) is 6.61 Å². The third kappa shape index (κ3) is 6.74. The zero-order valence-corrected chi connectivity index (χ0v) is 10.6. The average Bonchev–Trinajstić information content (AvgIpc) is 2.33. The van der Waals surface area contributed by atoms with Gasteiger partial charge in [0.15, 0.2) is 11.5 Å². The molecule has 0 fully saturated rings. The number of unbranched alkanes of at least 4 members (excludes halogenated alkanes) is 3. The first-order valence-electron chi connectivity index (χ1n) is 6.11. The van der Waals surface area contributed by atoms with Gasteiger partial charge in [-0.05, 0) is 37.8 Å². The van der Waals surface area contributed by atoms with Crippen LogP contribution in [-0.2, 0) is 0 Å². The van der Waals surface area contributed by atoms with Crippen LogP contribution in [-0.4, -0.2) is 13.0 Å². The van der Waals surface area contributed by atoms with E-state index in [2.05, 4.69) is 11.3 Å². The van der Waals surface area contributed by atoms with E-state index in [4.69, 9.17) is 4.74 Å². The molecule has 0 bridgehead atoms. The van der Waals surface area contributed by atoms with Gasteiger partial charge in [-0.3, -0.25) is 0 Å².